The van der Waals surface area contributed by atoms with Crippen molar-refractivity contribution in [2.24, 2.45) is 0 Å². The molecule has 4 rings (SSSR count). The van der Waals surface area contributed by atoms with Gasteiger partial charge in [-0.1, -0.05) is 72.8 Å². The van der Waals surface area contributed by atoms with Crippen LogP contribution in [-0.2, 0) is 12.8 Å². The maximum absolute atomic E-state index is 5.55. The van der Waals surface area contributed by atoms with E-state index in [4.69, 9.17) is 4.74 Å². The van der Waals surface area contributed by atoms with Gasteiger partial charge in [-0.25, -0.2) is 4.98 Å². The Balaban J connectivity index is 1.56. The van der Waals surface area contributed by atoms with Crippen LogP contribution in [0, 0.1) is 0 Å². The van der Waals surface area contributed by atoms with Crippen LogP contribution in [-0.4, -0.2) is 16.7 Å². The van der Waals surface area contributed by atoms with Gasteiger partial charge in [0.05, 0.1) is 13.4 Å². The summed E-state index contributed by atoms with van der Waals surface area (Å²) in [4.78, 5) is 4.25. The van der Waals surface area contributed by atoms with Gasteiger partial charge in [0, 0.05) is 18.4 Å². The molecule has 0 saturated heterocycles. The first kappa shape index (κ1) is 18.1. The van der Waals surface area contributed by atoms with E-state index in [0.717, 1.165) is 18.6 Å². The number of methoxy groups -OCH3 is 1. The number of imidazole rings is 1. The van der Waals surface area contributed by atoms with Gasteiger partial charge in [0.2, 0.25) is 0 Å². The molecule has 0 N–H and O–H groups in total. The van der Waals surface area contributed by atoms with E-state index in [0.29, 0.717) is 0 Å². The molecule has 3 aromatic carbocycles. The lowest BCUT2D eigenvalue weighted by Gasteiger charge is -2.20. The molecule has 140 valence electrons. The predicted molar refractivity (Wildman–Crippen MR) is 114 cm³/mol. The van der Waals surface area contributed by atoms with Gasteiger partial charge in [-0.05, 0) is 41.2 Å². The maximum atomic E-state index is 5.55. The molecule has 4 aromatic rings. The molecule has 0 fully saturated rings. The van der Waals surface area contributed by atoms with Crippen molar-refractivity contribution in [1.82, 2.24) is 9.55 Å². The highest BCUT2D eigenvalue weighted by Crippen LogP contribution is 2.27. The Kier molecular flexibility index (Phi) is 5.53. The molecule has 0 saturated carbocycles. The Morgan fingerprint density at radius 1 is 0.821 bits per heavy atom. The lowest BCUT2D eigenvalue weighted by molar-refractivity contribution is 0.402. The molecule has 0 radical (unpaired) electrons. The minimum Gasteiger partial charge on any atom is -0.496 e. The van der Waals surface area contributed by atoms with Gasteiger partial charge in [-0.2, -0.15) is 0 Å². The molecule has 28 heavy (non-hydrogen) atoms. The van der Waals surface area contributed by atoms with E-state index in [9.17, 15) is 0 Å². The Labute approximate surface area is 166 Å². The van der Waals surface area contributed by atoms with Gasteiger partial charge >= 0.3 is 0 Å². The van der Waals surface area contributed by atoms with Gasteiger partial charge in [0.15, 0.2) is 0 Å². The predicted octanol–water partition coefficient (Wildman–Crippen LogP) is 5.59. The van der Waals surface area contributed by atoms with Crippen LogP contribution in [0.5, 0.6) is 5.75 Å². The summed E-state index contributed by atoms with van der Waals surface area (Å²) >= 11 is 0. The summed E-state index contributed by atoms with van der Waals surface area (Å²) in [6.07, 6.45) is 7.61. The average molecular weight is 368 g/mol. The zero-order valence-corrected chi connectivity index (χ0v) is 16.0. The Morgan fingerprint density at radius 3 is 2.25 bits per heavy atom. The average Bonchev–Trinajstić information content (AvgIpc) is 3.30. The molecule has 0 spiro atoms. The molecule has 1 heterocycles. The highest BCUT2D eigenvalue weighted by Gasteiger charge is 2.15. The van der Waals surface area contributed by atoms with E-state index in [1.807, 2.05) is 36.9 Å². The molecule has 0 bridgehead atoms. The fourth-order valence-electron chi connectivity index (χ4n) is 3.63. The minimum absolute atomic E-state index is 0.279. The largest absolute Gasteiger partial charge is 0.496 e. The van der Waals surface area contributed by atoms with Gasteiger partial charge in [0.25, 0.3) is 0 Å². The fourth-order valence-corrected chi connectivity index (χ4v) is 3.63. The van der Waals surface area contributed by atoms with Crippen LogP contribution in [0.2, 0.25) is 0 Å². The van der Waals surface area contributed by atoms with Crippen LogP contribution in [0.3, 0.4) is 0 Å². The van der Waals surface area contributed by atoms with Crippen molar-refractivity contribution >= 4 is 0 Å². The third-order valence-electron chi connectivity index (χ3n) is 5.13. The molecule has 3 nitrogen and oxygen atoms in total. The molecule has 0 aliphatic heterocycles. The van der Waals surface area contributed by atoms with Crippen LogP contribution in [0.15, 0.2) is 97.6 Å². The zero-order valence-electron chi connectivity index (χ0n) is 16.0. The lowest BCUT2D eigenvalue weighted by atomic mass is 9.96. The Hall–Kier alpha value is -3.33. The standard InChI is InChI=1S/C25H24N2O/c1-28-25-10-6-5-9-23(25)18-24(27-16-15-26-19-27)17-20-11-13-22(14-12-20)21-7-3-2-4-8-21/h2-16,19,24H,17-18H2,1H3. The zero-order chi connectivity index (χ0) is 19.2. The molecule has 0 aliphatic rings. The van der Waals surface area contributed by atoms with E-state index < -0.39 is 0 Å². The monoisotopic (exact) mass is 368 g/mol. The van der Waals surface area contributed by atoms with E-state index in [2.05, 4.69) is 70.2 Å². The number of hydrogen-bond donors (Lipinski definition) is 0. The van der Waals surface area contributed by atoms with Gasteiger partial charge < -0.3 is 9.30 Å². The second kappa shape index (κ2) is 8.57. The molecule has 3 heteroatoms. The van der Waals surface area contributed by atoms with E-state index >= 15 is 0 Å². The first-order valence-electron chi connectivity index (χ1n) is 9.57. The smallest absolute Gasteiger partial charge is 0.122 e. The van der Waals surface area contributed by atoms with Crippen molar-refractivity contribution in [2.45, 2.75) is 18.9 Å². The third-order valence-corrected chi connectivity index (χ3v) is 5.13. The number of rotatable bonds is 7. The molecule has 0 amide bonds. The number of nitrogens with zero attached hydrogens (tertiary/aromatic N) is 2. The van der Waals surface area contributed by atoms with Crippen LogP contribution in [0.4, 0.5) is 0 Å². The number of benzene rings is 3. The summed E-state index contributed by atoms with van der Waals surface area (Å²) in [6.45, 7) is 0. The normalized spacial score (nSPS) is 11.9. The molecule has 1 atom stereocenters. The fraction of sp³-hybridized carbons (Fsp3) is 0.160. The maximum Gasteiger partial charge on any atom is 0.122 e. The molecule has 0 aliphatic carbocycles. The van der Waals surface area contributed by atoms with Crippen molar-refractivity contribution < 1.29 is 4.74 Å². The quantitative estimate of drug-likeness (QED) is 0.425. The third kappa shape index (κ3) is 4.15. The highest BCUT2D eigenvalue weighted by atomic mass is 16.5. The highest BCUT2D eigenvalue weighted by molar-refractivity contribution is 5.63. The van der Waals surface area contributed by atoms with E-state index in [1.54, 1.807) is 7.11 Å². The topological polar surface area (TPSA) is 27.1 Å². The van der Waals surface area contributed by atoms with Crippen LogP contribution >= 0.6 is 0 Å². The van der Waals surface area contributed by atoms with Crippen molar-refractivity contribution in [3.63, 3.8) is 0 Å². The van der Waals surface area contributed by atoms with Gasteiger partial charge in [-0.15, -0.1) is 0 Å². The van der Waals surface area contributed by atoms with Crippen LogP contribution < -0.4 is 4.74 Å². The van der Waals surface area contributed by atoms with E-state index in [-0.39, 0.29) is 6.04 Å². The summed E-state index contributed by atoms with van der Waals surface area (Å²) in [6, 6.07) is 27.9. The first-order valence-corrected chi connectivity index (χ1v) is 9.57. The Bertz CT molecular complexity index is 992. The summed E-state index contributed by atoms with van der Waals surface area (Å²) in [5, 5.41) is 0. The van der Waals surface area contributed by atoms with Gasteiger partial charge in [-0.3, -0.25) is 0 Å². The van der Waals surface area contributed by atoms with Crippen molar-refractivity contribution in [1.29, 1.82) is 0 Å². The molecule has 1 unspecified atom stereocenters. The van der Waals surface area contributed by atoms with Crippen LogP contribution in [0.1, 0.15) is 17.2 Å². The van der Waals surface area contributed by atoms with Gasteiger partial charge in [0.1, 0.15) is 5.75 Å². The van der Waals surface area contributed by atoms with E-state index in [1.165, 1.54) is 22.3 Å². The lowest BCUT2D eigenvalue weighted by Crippen LogP contribution is -2.14. The molecular weight excluding hydrogens is 344 g/mol. The van der Waals surface area contributed by atoms with Crippen molar-refractivity contribution in [2.75, 3.05) is 7.11 Å². The number of hydrogen-bond acceptors (Lipinski definition) is 2. The summed E-state index contributed by atoms with van der Waals surface area (Å²) < 4.78 is 7.75. The SMILES string of the molecule is COc1ccccc1CC(Cc1ccc(-c2ccccc2)cc1)n1ccnc1. The minimum atomic E-state index is 0.279. The summed E-state index contributed by atoms with van der Waals surface area (Å²) in [5.74, 6) is 0.937. The van der Waals surface area contributed by atoms with Crippen LogP contribution in [0.25, 0.3) is 11.1 Å². The second-order valence-electron chi connectivity index (χ2n) is 6.95. The number of para-hydroxylation sites is 1. The first-order chi connectivity index (χ1) is 13.8. The number of ether oxygens (including phenoxy) is 1. The van der Waals surface area contributed by atoms with Crippen molar-refractivity contribution in [3.8, 4) is 16.9 Å². The molecule has 1 aromatic heterocycles. The summed E-state index contributed by atoms with van der Waals surface area (Å²) in [5.41, 5.74) is 5.01. The summed E-state index contributed by atoms with van der Waals surface area (Å²) in [7, 11) is 1.73. The Morgan fingerprint density at radius 2 is 1.54 bits per heavy atom. The second-order valence-corrected chi connectivity index (χ2v) is 6.95. The molecular formula is C25H24N2O. The number of aromatic nitrogens is 2. The van der Waals surface area contributed by atoms with Crippen molar-refractivity contribution in [3.05, 3.63) is 109 Å².